The highest BCUT2D eigenvalue weighted by Crippen LogP contribution is 2.26. The van der Waals surface area contributed by atoms with E-state index in [0.717, 1.165) is 31.0 Å². The minimum atomic E-state index is 0. The summed E-state index contributed by atoms with van der Waals surface area (Å²) in [5, 5.41) is 4.06. The van der Waals surface area contributed by atoms with E-state index in [2.05, 4.69) is 19.2 Å². The molecule has 0 spiro atoms. The van der Waals surface area contributed by atoms with Gasteiger partial charge in [0.1, 0.15) is 0 Å². The average Bonchev–Trinajstić information content (AvgIpc) is 2.53. The number of hydrogen-bond acceptors (Lipinski definition) is 2. The lowest BCUT2D eigenvalue weighted by atomic mass is 9.91. The summed E-state index contributed by atoms with van der Waals surface area (Å²) in [5.41, 5.74) is 1.22. The van der Waals surface area contributed by atoms with Crippen molar-refractivity contribution < 1.29 is 4.79 Å². The Hall–Kier alpha value is -0.770. The lowest BCUT2D eigenvalue weighted by Crippen LogP contribution is -2.44. The number of nitrogens with one attached hydrogen (secondary N) is 1. The van der Waals surface area contributed by atoms with Crippen molar-refractivity contribution in [2.24, 2.45) is 5.92 Å². The van der Waals surface area contributed by atoms with Crippen LogP contribution in [0, 0.1) is 5.92 Å². The summed E-state index contributed by atoms with van der Waals surface area (Å²) in [7, 11) is 1.93. The van der Waals surface area contributed by atoms with Gasteiger partial charge in [-0.2, -0.15) is 0 Å². The van der Waals surface area contributed by atoms with Gasteiger partial charge in [0.2, 0.25) is 5.91 Å². The molecule has 2 unspecified atom stereocenters. The molecule has 1 fully saturated rings. The quantitative estimate of drug-likeness (QED) is 0.902. The number of amides is 1. The third kappa shape index (κ3) is 4.61. The topological polar surface area (TPSA) is 32.3 Å². The van der Waals surface area contributed by atoms with Gasteiger partial charge in [0.25, 0.3) is 0 Å². The fraction of sp³-hybridized carbons (Fsp3) is 0.588. The van der Waals surface area contributed by atoms with Crippen molar-refractivity contribution in [2.75, 3.05) is 20.1 Å². The molecule has 0 radical (unpaired) electrons. The third-order valence-electron chi connectivity index (χ3n) is 4.77. The first-order valence-corrected chi connectivity index (χ1v) is 8.11. The lowest BCUT2D eigenvalue weighted by molar-refractivity contribution is -0.137. The highest BCUT2D eigenvalue weighted by atomic mass is 35.5. The number of carbonyl (C=O) groups excluding carboxylic acids is 1. The Morgan fingerprint density at radius 1 is 1.23 bits per heavy atom. The van der Waals surface area contributed by atoms with Crippen molar-refractivity contribution in [1.29, 1.82) is 0 Å². The highest BCUT2D eigenvalue weighted by Gasteiger charge is 2.28. The highest BCUT2D eigenvalue weighted by molar-refractivity contribution is 6.30. The molecule has 1 saturated heterocycles. The first-order valence-electron chi connectivity index (χ1n) is 7.73. The molecule has 1 N–H and O–H groups in total. The molecule has 124 valence electrons. The maximum atomic E-state index is 12.6. The lowest BCUT2D eigenvalue weighted by Gasteiger charge is -2.34. The van der Waals surface area contributed by atoms with Crippen molar-refractivity contribution in [3.63, 3.8) is 0 Å². The van der Waals surface area contributed by atoms with Gasteiger partial charge in [-0.25, -0.2) is 0 Å². The predicted octanol–water partition coefficient (Wildman–Crippen LogP) is 3.71. The summed E-state index contributed by atoms with van der Waals surface area (Å²) >= 11 is 5.94. The Morgan fingerprint density at radius 3 is 2.32 bits per heavy atom. The Balaban J connectivity index is 0.00000242. The molecule has 5 heteroatoms. The molecular formula is C17H26Cl2N2O. The van der Waals surface area contributed by atoms with Gasteiger partial charge in [-0.15, -0.1) is 12.4 Å². The summed E-state index contributed by atoms with van der Waals surface area (Å²) in [6.07, 6.45) is 1.90. The number of halogens is 2. The van der Waals surface area contributed by atoms with Gasteiger partial charge in [0.15, 0.2) is 0 Å². The molecule has 1 aliphatic rings. The van der Waals surface area contributed by atoms with Gasteiger partial charge in [-0.1, -0.05) is 30.7 Å². The number of carbonyl (C=O) groups is 1. The van der Waals surface area contributed by atoms with E-state index in [1.54, 1.807) is 0 Å². The minimum absolute atomic E-state index is 0. The number of benzene rings is 1. The van der Waals surface area contributed by atoms with Crippen LogP contribution in [0.15, 0.2) is 24.3 Å². The Bertz CT molecular complexity index is 472. The van der Waals surface area contributed by atoms with Crippen molar-refractivity contribution in [3.8, 4) is 0 Å². The van der Waals surface area contributed by atoms with Crippen LogP contribution in [0.1, 0.15) is 38.2 Å². The Labute approximate surface area is 144 Å². The van der Waals surface area contributed by atoms with Crippen molar-refractivity contribution in [2.45, 2.75) is 38.6 Å². The van der Waals surface area contributed by atoms with Gasteiger partial charge in [-0.3, -0.25) is 4.79 Å². The van der Waals surface area contributed by atoms with Crippen LogP contribution in [0.25, 0.3) is 0 Å². The second-order valence-corrected chi connectivity index (χ2v) is 6.49. The Kier molecular flexibility index (Phi) is 7.67. The molecule has 1 aliphatic heterocycles. The maximum absolute atomic E-state index is 12.6. The van der Waals surface area contributed by atoms with Crippen LogP contribution in [0.3, 0.4) is 0 Å². The molecule has 2 atom stereocenters. The van der Waals surface area contributed by atoms with Crippen LogP contribution in [0.2, 0.25) is 5.02 Å². The van der Waals surface area contributed by atoms with Crippen LogP contribution in [-0.2, 0) is 4.79 Å². The van der Waals surface area contributed by atoms with Crippen molar-refractivity contribution in [1.82, 2.24) is 10.2 Å². The van der Waals surface area contributed by atoms with Gasteiger partial charge in [-0.05, 0) is 50.6 Å². The zero-order chi connectivity index (χ0) is 15.4. The van der Waals surface area contributed by atoms with Crippen LogP contribution in [-0.4, -0.2) is 37.0 Å². The van der Waals surface area contributed by atoms with E-state index in [4.69, 9.17) is 11.6 Å². The van der Waals surface area contributed by atoms with Crippen LogP contribution in [0.5, 0.6) is 0 Å². The average molecular weight is 345 g/mol. The summed E-state index contributed by atoms with van der Waals surface area (Å²) < 4.78 is 0. The smallest absolute Gasteiger partial charge is 0.225 e. The predicted molar refractivity (Wildman–Crippen MR) is 94.9 cm³/mol. The molecule has 0 aromatic heterocycles. The molecule has 22 heavy (non-hydrogen) atoms. The number of rotatable bonds is 4. The second kappa shape index (κ2) is 8.76. The number of hydrogen-bond donors (Lipinski definition) is 1. The monoisotopic (exact) mass is 344 g/mol. The summed E-state index contributed by atoms with van der Waals surface area (Å²) in [5.74, 6) is 0.749. The SMILES string of the molecule is CC(c1ccc(Cl)cc1)C(C)N(C)C(=O)C1CCNCC1.Cl. The molecule has 1 amide bonds. The molecule has 0 saturated carbocycles. The maximum Gasteiger partial charge on any atom is 0.225 e. The molecule has 1 aromatic rings. The molecule has 2 rings (SSSR count). The third-order valence-corrected chi connectivity index (χ3v) is 5.02. The summed E-state index contributed by atoms with van der Waals surface area (Å²) in [4.78, 5) is 14.5. The van der Waals surface area contributed by atoms with E-state index in [1.165, 1.54) is 5.56 Å². The van der Waals surface area contributed by atoms with E-state index < -0.39 is 0 Å². The molecule has 1 heterocycles. The number of nitrogens with zero attached hydrogens (tertiary/aromatic N) is 1. The standard InChI is InChI=1S/C17H25ClN2O.ClH/c1-12(14-4-6-16(18)7-5-14)13(2)20(3)17(21)15-8-10-19-11-9-15;/h4-7,12-13,15,19H,8-11H2,1-3H3;1H. The first-order chi connectivity index (χ1) is 10.0. The summed E-state index contributed by atoms with van der Waals surface area (Å²) in [6.45, 7) is 6.19. The van der Waals surface area contributed by atoms with E-state index in [1.807, 2.05) is 36.2 Å². The largest absolute Gasteiger partial charge is 0.342 e. The van der Waals surface area contributed by atoms with Gasteiger partial charge in [0.05, 0.1) is 0 Å². The molecule has 0 aliphatic carbocycles. The fourth-order valence-electron chi connectivity index (χ4n) is 2.94. The molecule has 0 bridgehead atoms. The van der Waals surface area contributed by atoms with E-state index in [0.29, 0.717) is 0 Å². The number of likely N-dealkylation sites (N-methyl/N-ethyl adjacent to an activating group) is 1. The normalized spacial score (nSPS) is 18.2. The second-order valence-electron chi connectivity index (χ2n) is 6.05. The molecule has 1 aromatic carbocycles. The van der Waals surface area contributed by atoms with Crippen LogP contribution < -0.4 is 5.32 Å². The van der Waals surface area contributed by atoms with Crippen molar-refractivity contribution in [3.05, 3.63) is 34.9 Å². The van der Waals surface area contributed by atoms with E-state index in [-0.39, 0.29) is 36.2 Å². The first kappa shape index (κ1) is 19.3. The van der Waals surface area contributed by atoms with Gasteiger partial charge in [0, 0.05) is 29.9 Å². The van der Waals surface area contributed by atoms with Gasteiger partial charge >= 0.3 is 0 Å². The van der Waals surface area contributed by atoms with Crippen molar-refractivity contribution >= 4 is 29.9 Å². The van der Waals surface area contributed by atoms with E-state index >= 15 is 0 Å². The van der Waals surface area contributed by atoms with Crippen LogP contribution in [0.4, 0.5) is 0 Å². The van der Waals surface area contributed by atoms with Gasteiger partial charge < -0.3 is 10.2 Å². The summed E-state index contributed by atoms with van der Waals surface area (Å²) in [6, 6.07) is 8.09. The zero-order valence-electron chi connectivity index (χ0n) is 13.5. The van der Waals surface area contributed by atoms with Crippen LogP contribution >= 0.6 is 24.0 Å². The molecular weight excluding hydrogens is 319 g/mol. The van der Waals surface area contributed by atoms with E-state index in [9.17, 15) is 4.79 Å². The number of piperidine rings is 1. The zero-order valence-corrected chi connectivity index (χ0v) is 15.1. The Morgan fingerprint density at radius 2 is 1.77 bits per heavy atom. The minimum Gasteiger partial charge on any atom is -0.342 e. The molecule has 3 nitrogen and oxygen atoms in total. The fourth-order valence-corrected chi connectivity index (χ4v) is 3.06.